The summed E-state index contributed by atoms with van der Waals surface area (Å²) in [5.74, 6) is 0.672. The summed E-state index contributed by atoms with van der Waals surface area (Å²) in [6, 6.07) is 25.2. The smallest absolute Gasteiger partial charge is 0.282 e. The molecule has 0 saturated carbocycles. The molecular formula is C34H34ClN3O5S. The molecule has 0 bridgehead atoms. The maximum atomic E-state index is 13.5. The zero-order valence-corrected chi connectivity index (χ0v) is 25.8. The van der Waals surface area contributed by atoms with Gasteiger partial charge < -0.3 is 4.74 Å². The Hall–Kier alpha value is -4.05. The van der Waals surface area contributed by atoms with Crippen molar-refractivity contribution in [2.45, 2.75) is 44.9 Å². The highest BCUT2D eigenvalue weighted by molar-refractivity contribution is 7.85. The summed E-state index contributed by atoms with van der Waals surface area (Å²) >= 11 is 6.52. The number of benzene rings is 3. The van der Waals surface area contributed by atoms with Crippen LogP contribution in [0.3, 0.4) is 0 Å². The van der Waals surface area contributed by atoms with Crippen LogP contribution in [-0.2, 0) is 21.3 Å². The number of nitrogens with zero attached hydrogens (tertiary/aromatic N) is 3. The number of carbonyl (C=O) groups is 1. The molecule has 2 aliphatic heterocycles. The molecule has 3 aromatic rings. The van der Waals surface area contributed by atoms with Gasteiger partial charge in [0, 0.05) is 18.2 Å². The highest BCUT2D eigenvalue weighted by Crippen LogP contribution is 2.31. The topological polar surface area (TPSA) is 109 Å². The first-order chi connectivity index (χ1) is 21.3. The Kier molecular flexibility index (Phi) is 10.4. The number of ether oxygens (including phenoxy) is 1. The number of carbonyl (C=O) groups excluding carboxylic acids is 1. The van der Waals surface area contributed by atoms with E-state index in [0.717, 1.165) is 48.8 Å². The van der Waals surface area contributed by atoms with Crippen LogP contribution in [0, 0.1) is 0 Å². The summed E-state index contributed by atoms with van der Waals surface area (Å²) in [7, 11) is -3.87. The standard InChI is InChI=1S/C34H34ClN3O5S/c35-28-21-26(17-18-32(28)43-19-11-3-1-2-4-12-20-44(40,41)42)23-30-34(39)38-24-31(27-15-9-6-10-16-27)36-29(33(38)37-30)22-25-13-7-5-8-14-25/h5-10,13-18,21,23-24H,1-4,11-12,19-20,22H2,(H,40,41,42)/b30-23-. The first kappa shape index (κ1) is 31.4. The molecule has 10 heteroatoms. The van der Waals surface area contributed by atoms with Gasteiger partial charge in [-0.3, -0.25) is 14.2 Å². The maximum absolute atomic E-state index is 13.5. The quantitative estimate of drug-likeness (QED) is 0.115. The van der Waals surface area contributed by atoms with Gasteiger partial charge in [-0.2, -0.15) is 8.42 Å². The molecule has 228 valence electrons. The largest absolute Gasteiger partial charge is 0.492 e. The molecule has 3 aromatic carbocycles. The van der Waals surface area contributed by atoms with E-state index in [1.807, 2.05) is 66.7 Å². The normalized spacial score (nSPS) is 15.6. The van der Waals surface area contributed by atoms with Gasteiger partial charge in [0.2, 0.25) is 0 Å². The lowest BCUT2D eigenvalue weighted by atomic mass is 10.1. The zero-order valence-electron chi connectivity index (χ0n) is 24.2. The Bertz CT molecular complexity index is 1720. The van der Waals surface area contributed by atoms with Crippen LogP contribution in [0.15, 0.2) is 101 Å². The third kappa shape index (κ3) is 8.53. The molecule has 1 N–H and O–H groups in total. The Morgan fingerprint density at radius 2 is 1.55 bits per heavy atom. The Morgan fingerprint density at radius 3 is 2.25 bits per heavy atom. The van der Waals surface area contributed by atoms with Gasteiger partial charge in [-0.05, 0) is 42.2 Å². The van der Waals surface area contributed by atoms with Crippen LogP contribution in [0.5, 0.6) is 5.75 Å². The fourth-order valence-corrected chi connectivity index (χ4v) is 5.83. The van der Waals surface area contributed by atoms with E-state index >= 15 is 0 Å². The maximum Gasteiger partial charge on any atom is 0.282 e. The molecule has 5 rings (SSSR count). The molecule has 0 fully saturated rings. The zero-order chi connectivity index (χ0) is 30.9. The van der Waals surface area contributed by atoms with E-state index in [2.05, 4.69) is 0 Å². The Morgan fingerprint density at radius 1 is 0.864 bits per heavy atom. The first-order valence-corrected chi connectivity index (χ1v) is 16.7. The number of hydrogen-bond acceptors (Lipinski definition) is 6. The van der Waals surface area contributed by atoms with Crippen molar-refractivity contribution in [1.29, 1.82) is 0 Å². The van der Waals surface area contributed by atoms with Crippen molar-refractivity contribution in [1.82, 2.24) is 4.90 Å². The molecule has 0 saturated heterocycles. The van der Waals surface area contributed by atoms with Gasteiger partial charge in [-0.1, -0.05) is 104 Å². The molecule has 0 spiro atoms. The van der Waals surface area contributed by atoms with Crippen LogP contribution in [0.1, 0.15) is 55.2 Å². The van der Waals surface area contributed by atoms with Crippen molar-refractivity contribution in [2.24, 2.45) is 9.98 Å². The molecule has 0 aliphatic carbocycles. The van der Waals surface area contributed by atoms with Crippen molar-refractivity contribution in [3.05, 3.63) is 112 Å². The van der Waals surface area contributed by atoms with Gasteiger partial charge in [0.25, 0.3) is 16.0 Å². The van der Waals surface area contributed by atoms with E-state index in [4.69, 9.17) is 30.9 Å². The van der Waals surface area contributed by atoms with Crippen LogP contribution >= 0.6 is 11.6 Å². The SMILES string of the molecule is O=C1/C(=C/c2ccc(OCCCCCCCCS(=O)(=O)O)c(Cl)c2)N=C2C(Cc3ccccc3)=NC(c3ccccc3)=CN12. The van der Waals surface area contributed by atoms with E-state index < -0.39 is 10.1 Å². The lowest BCUT2D eigenvalue weighted by Gasteiger charge is -2.21. The summed E-state index contributed by atoms with van der Waals surface area (Å²) < 4.78 is 36.2. The van der Waals surface area contributed by atoms with Gasteiger partial charge in [0.05, 0.1) is 28.8 Å². The molecular weight excluding hydrogens is 598 g/mol. The molecule has 8 nitrogen and oxygen atoms in total. The van der Waals surface area contributed by atoms with Crippen molar-refractivity contribution >= 4 is 50.9 Å². The minimum absolute atomic E-state index is 0.184. The predicted octanol–water partition coefficient (Wildman–Crippen LogP) is 7.22. The van der Waals surface area contributed by atoms with Crippen LogP contribution in [0.25, 0.3) is 11.8 Å². The number of aliphatic imine (C=N–C) groups is 2. The third-order valence-corrected chi connectivity index (χ3v) is 8.35. The number of unbranched alkanes of at least 4 members (excludes halogenated alkanes) is 5. The number of amides is 1. The highest BCUT2D eigenvalue weighted by atomic mass is 35.5. The van der Waals surface area contributed by atoms with Gasteiger partial charge in [-0.15, -0.1) is 0 Å². The van der Waals surface area contributed by atoms with Gasteiger partial charge in [0.1, 0.15) is 11.4 Å². The summed E-state index contributed by atoms with van der Waals surface area (Å²) in [4.78, 5) is 24.8. The minimum Gasteiger partial charge on any atom is -0.492 e. The van der Waals surface area contributed by atoms with E-state index in [9.17, 15) is 13.2 Å². The second-order valence-electron chi connectivity index (χ2n) is 10.7. The fourth-order valence-electron chi connectivity index (χ4n) is 5.01. The van der Waals surface area contributed by atoms with Crippen molar-refractivity contribution < 1.29 is 22.5 Å². The van der Waals surface area contributed by atoms with E-state index in [0.29, 0.717) is 53.2 Å². The summed E-state index contributed by atoms with van der Waals surface area (Å²) in [5.41, 5.74) is 4.44. The number of amidine groups is 1. The second-order valence-corrected chi connectivity index (χ2v) is 12.7. The van der Waals surface area contributed by atoms with Crippen molar-refractivity contribution in [2.75, 3.05) is 12.4 Å². The molecule has 2 heterocycles. The monoisotopic (exact) mass is 631 g/mol. The van der Waals surface area contributed by atoms with Gasteiger partial charge >= 0.3 is 0 Å². The van der Waals surface area contributed by atoms with Crippen LogP contribution in [0.2, 0.25) is 5.02 Å². The molecule has 0 radical (unpaired) electrons. The Labute approximate surface area is 263 Å². The van der Waals surface area contributed by atoms with Crippen LogP contribution in [-0.4, -0.2) is 47.7 Å². The van der Waals surface area contributed by atoms with Crippen LogP contribution < -0.4 is 4.74 Å². The molecule has 0 aromatic heterocycles. The first-order valence-electron chi connectivity index (χ1n) is 14.7. The van der Waals surface area contributed by atoms with E-state index in [1.54, 1.807) is 29.3 Å². The summed E-state index contributed by atoms with van der Waals surface area (Å²) in [6.07, 6.45) is 8.89. The number of rotatable bonds is 14. The predicted molar refractivity (Wildman–Crippen MR) is 175 cm³/mol. The number of fused-ring (bicyclic) bond motifs is 1. The van der Waals surface area contributed by atoms with E-state index in [-0.39, 0.29) is 11.7 Å². The van der Waals surface area contributed by atoms with Gasteiger partial charge in [0.15, 0.2) is 5.84 Å². The average Bonchev–Trinajstić information content (AvgIpc) is 3.32. The molecule has 0 unspecified atom stereocenters. The third-order valence-electron chi connectivity index (χ3n) is 7.25. The number of halogens is 1. The highest BCUT2D eigenvalue weighted by Gasteiger charge is 2.35. The molecule has 0 atom stereocenters. The molecule has 44 heavy (non-hydrogen) atoms. The fraction of sp³-hybridized carbons (Fsp3) is 0.265. The van der Waals surface area contributed by atoms with Crippen molar-refractivity contribution in [3.63, 3.8) is 0 Å². The minimum atomic E-state index is -3.87. The summed E-state index contributed by atoms with van der Waals surface area (Å²) in [6.45, 7) is 0.506. The lowest BCUT2D eigenvalue weighted by molar-refractivity contribution is -0.120. The van der Waals surface area contributed by atoms with Gasteiger partial charge in [-0.25, -0.2) is 9.98 Å². The van der Waals surface area contributed by atoms with Crippen LogP contribution in [0.4, 0.5) is 0 Å². The van der Waals surface area contributed by atoms with E-state index in [1.165, 1.54) is 0 Å². The average molecular weight is 632 g/mol. The Balaban J connectivity index is 1.23. The number of hydrogen-bond donors (Lipinski definition) is 1. The van der Waals surface area contributed by atoms with Crippen molar-refractivity contribution in [3.8, 4) is 5.75 Å². The molecule has 1 amide bonds. The lowest BCUT2D eigenvalue weighted by Crippen LogP contribution is -2.36. The summed E-state index contributed by atoms with van der Waals surface area (Å²) in [5, 5.41) is 0.443. The second kappa shape index (κ2) is 14.6. The molecule has 2 aliphatic rings.